The Morgan fingerprint density at radius 3 is 2.30 bits per heavy atom. The molecule has 5 rings (SSSR count). The number of carbonyl (C=O) groups is 1. The van der Waals surface area contributed by atoms with E-state index in [-0.39, 0.29) is 20.4 Å². The van der Waals surface area contributed by atoms with Crippen LogP contribution in [0.25, 0.3) is 31.8 Å². The summed E-state index contributed by atoms with van der Waals surface area (Å²) in [5.41, 5.74) is 3.93. The summed E-state index contributed by atoms with van der Waals surface area (Å²) >= 11 is 3.65. The Bertz CT molecular complexity index is 1280. The van der Waals surface area contributed by atoms with Crippen molar-refractivity contribution in [3.05, 3.63) is 93.8 Å². The molecule has 0 spiro atoms. The van der Waals surface area contributed by atoms with Crippen LogP contribution < -0.4 is 0 Å². The van der Waals surface area contributed by atoms with Crippen LogP contribution in [0, 0.1) is 0 Å². The number of halogens is 1. The molecule has 0 fully saturated rings. The number of rotatable bonds is 2. The first-order chi connectivity index (χ1) is 13.2. The van der Waals surface area contributed by atoms with Gasteiger partial charge in [0, 0.05) is 0 Å². The molecule has 4 heteroatoms. The normalized spacial score (nSPS) is 11.3. The van der Waals surface area contributed by atoms with E-state index < -0.39 is 0 Å². The van der Waals surface area contributed by atoms with Crippen molar-refractivity contribution < 1.29 is 4.79 Å². The summed E-state index contributed by atoms with van der Waals surface area (Å²) < 4.78 is 4.19. The Balaban J connectivity index is 1.81. The second-order valence-electron chi connectivity index (χ2n) is 6.36. The summed E-state index contributed by atoms with van der Waals surface area (Å²) in [6.45, 7) is 0. The summed E-state index contributed by atoms with van der Waals surface area (Å²) in [6.07, 6.45) is 0. The zero-order chi connectivity index (χ0) is 18.4. The standard InChI is InChI=1S/C23H14BrNOSe/c24-17-12-10-16(11-13-17)23(26)25-19-9-5-4-8-18(19)21-20(25)14-27-22(21)15-6-2-1-3-7-15/h1-14H. The number of carbonyl (C=O) groups excluding carboxylic acids is 1. The fourth-order valence-electron chi connectivity index (χ4n) is 3.53. The Morgan fingerprint density at radius 2 is 1.52 bits per heavy atom. The third-order valence-corrected chi connectivity index (χ3v) is 7.42. The van der Waals surface area contributed by atoms with Crippen LogP contribution in [-0.2, 0) is 0 Å². The molecule has 0 unspecified atom stereocenters. The third-order valence-electron chi connectivity index (χ3n) is 4.76. The van der Waals surface area contributed by atoms with Gasteiger partial charge in [0.2, 0.25) is 0 Å². The average Bonchev–Trinajstić information content (AvgIpc) is 3.27. The van der Waals surface area contributed by atoms with Crippen LogP contribution in [-0.4, -0.2) is 25.0 Å². The molecule has 0 aliphatic heterocycles. The zero-order valence-electron chi connectivity index (χ0n) is 14.2. The van der Waals surface area contributed by atoms with Gasteiger partial charge in [-0.2, -0.15) is 0 Å². The molecular weight excluding hydrogens is 465 g/mol. The van der Waals surface area contributed by atoms with Crippen molar-refractivity contribution in [3.8, 4) is 10.0 Å². The van der Waals surface area contributed by atoms with Crippen molar-refractivity contribution in [1.82, 2.24) is 4.57 Å². The summed E-state index contributed by atoms with van der Waals surface area (Å²) in [5, 5.41) is 2.36. The Hall–Kier alpha value is -2.39. The molecule has 2 nitrogen and oxygen atoms in total. The van der Waals surface area contributed by atoms with Crippen LogP contribution in [0.1, 0.15) is 10.4 Å². The van der Waals surface area contributed by atoms with Gasteiger partial charge >= 0.3 is 171 Å². The summed E-state index contributed by atoms with van der Waals surface area (Å²) in [4.78, 5) is 15.6. The summed E-state index contributed by atoms with van der Waals surface area (Å²) in [6, 6.07) is 26.3. The molecular formula is C23H14BrNOSe. The van der Waals surface area contributed by atoms with E-state index in [1.807, 2.05) is 53.1 Å². The molecule has 0 saturated heterocycles. The first kappa shape index (κ1) is 16.8. The van der Waals surface area contributed by atoms with Crippen molar-refractivity contribution in [2.75, 3.05) is 0 Å². The quantitative estimate of drug-likeness (QED) is 0.286. The number of aromatic nitrogens is 1. The van der Waals surface area contributed by atoms with Gasteiger partial charge in [0.05, 0.1) is 0 Å². The first-order valence-electron chi connectivity index (χ1n) is 8.60. The SMILES string of the molecule is O=C(c1ccc(Br)cc1)n1c2ccccc2c2c(-c3ccccc3)[se]cc21. The van der Waals surface area contributed by atoms with E-state index in [0.717, 1.165) is 20.9 Å². The van der Waals surface area contributed by atoms with E-state index in [2.05, 4.69) is 51.2 Å². The van der Waals surface area contributed by atoms with Gasteiger partial charge in [-0.25, -0.2) is 0 Å². The number of fused-ring (bicyclic) bond motifs is 3. The van der Waals surface area contributed by atoms with E-state index in [4.69, 9.17) is 0 Å². The van der Waals surface area contributed by atoms with Gasteiger partial charge < -0.3 is 0 Å². The molecule has 27 heavy (non-hydrogen) atoms. The number of hydrogen-bond donors (Lipinski definition) is 0. The van der Waals surface area contributed by atoms with E-state index in [9.17, 15) is 4.79 Å². The number of benzene rings is 3. The van der Waals surface area contributed by atoms with Gasteiger partial charge in [-0.1, -0.05) is 0 Å². The number of para-hydroxylation sites is 1. The molecule has 0 aliphatic rings. The molecule has 0 N–H and O–H groups in total. The molecule has 0 aliphatic carbocycles. The second kappa shape index (κ2) is 6.65. The van der Waals surface area contributed by atoms with E-state index >= 15 is 0 Å². The van der Waals surface area contributed by atoms with Crippen molar-refractivity contribution in [2.45, 2.75) is 0 Å². The predicted octanol–water partition coefficient (Wildman–Crippen LogP) is 5.97. The maximum atomic E-state index is 13.4. The van der Waals surface area contributed by atoms with Crippen LogP contribution >= 0.6 is 15.9 Å². The minimum atomic E-state index is 0.0151. The van der Waals surface area contributed by atoms with E-state index in [1.54, 1.807) is 0 Å². The number of hydrogen-bond acceptors (Lipinski definition) is 1. The van der Waals surface area contributed by atoms with Crippen LogP contribution in [0.3, 0.4) is 0 Å². The molecule has 0 radical (unpaired) electrons. The van der Waals surface area contributed by atoms with Gasteiger partial charge in [-0.15, -0.1) is 0 Å². The van der Waals surface area contributed by atoms with Gasteiger partial charge in [-0.3, -0.25) is 0 Å². The topological polar surface area (TPSA) is 22.0 Å². The summed E-state index contributed by atoms with van der Waals surface area (Å²) in [7, 11) is 0. The molecule has 3 aromatic carbocycles. The fourth-order valence-corrected chi connectivity index (χ4v) is 6.01. The van der Waals surface area contributed by atoms with Gasteiger partial charge in [-0.05, 0) is 0 Å². The van der Waals surface area contributed by atoms with Gasteiger partial charge in [0.1, 0.15) is 0 Å². The van der Waals surface area contributed by atoms with Gasteiger partial charge in [0.25, 0.3) is 0 Å². The van der Waals surface area contributed by atoms with Crippen LogP contribution in [0.15, 0.2) is 88.3 Å². The van der Waals surface area contributed by atoms with Crippen LogP contribution in [0.5, 0.6) is 0 Å². The maximum absolute atomic E-state index is 13.4. The Kier molecular flexibility index (Phi) is 4.13. The Morgan fingerprint density at radius 1 is 0.815 bits per heavy atom. The predicted molar refractivity (Wildman–Crippen MR) is 116 cm³/mol. The van der Waals surface area contributed by atoms with Crippen molar-refractivity contribution >= 4 is 58.1 Å². The van der Waals surface area contributed by atoms with E-state index in [1.165, 1.54) is 15.4 Å². The molecule has 0 atom stereocenters. The van der Waals surface area contributed by atoms with E-state index in [0.29, 0.717) is 5.56 Å². The van der Waals surface area contributed by atoms with Gasteiger partial charge in [0.15, 0.2) is 0 Å². The molecule has 2 aromatic heterocycles. The molecule has 5 aromatic rings. The molecule has 130 valence electrons. The van der Waals surface area contributed by atoms with Crippen molar-refractivity contribution in [3.63, 3.8) is 0 Å². The fraction of sp³-hybridized carbons (Fsp3) is 0. The third kappa shape index (κ3) is 2.72. The van der Waals surface area contributed by atoms with Crippen LogP contribution in [0.2, 0.25) is 0 Å². The zero-order valence-corrected chi connectivity index (χ0v) is 17.5. The summed E-state index contributed by atoms with van der Waals surface area (Å²) in [5.74, 6) is 0.0151. The first-order valence-corrected chi connectivity index (χ1v) is 11.2. The minimum absolute atomic E-state index is 0.0151. The molecule has 2 heterocycles. The van der Waals surface area contributed by atoms with Crippen molar-refractivity contribution in [2.24, 2.45) is 0 Å². The monoisotopic (exact) mass is 479 g/mol. The Labute approximate surface area is 170 Å². The molecule has 0 saturated carbocycles. The average molecular weight is 479 g/mol. The molecule has 0 amide bonds. The van der Waals surface area contributed by atoms with Crippen molar-refractivity contribution in [1.29, 1.82) is 0 Å². The van der Waals surface area contributed by atoms with Crippen LogP contribution in [0.4, 0.5) is 0 Å². The second-order valence-corrected chi connectivity index (χ2v) is 9.12. The number of nitrogens with zero attached hydrogens (tertiary/aromatic N) is 1. The molecule has 0 bridgehead atoms.